The zero-order valence-electron chi connectivity index (χ0n) is 9.16. The van der Waals surface area contributed by atoms with Gasteiger partial charge >= 0.3 is 5.97 Å². The summed E-state index contributed by atoms with van der Waals surface area (Å²) < 4.78 is 0. The van der Waals surface area contributed by atoms with Gasteiger partial charge in [-0.05, 0) is 24.3 Å². The second-order valence-electron chi connectivity index (χ2n) is 3.63. The number of carboxylic acid groups (broad SMARTS) is 1. The zero-order valence-corrected chi connectivity index (χ0v) is 9.16. The first kappa shape index (κ1) is 11.2. The number of fused-ring (bicyclic) bond motifs is 1. The van der Waals surface area contributed by atoms with Gasteiger partial charge in [-0.15, -0.1) is 0 Å². The number of hydrogen-bond acceptors (Lipinski definition) is 2. The Morgan fingerprint density at radius 2 is 2.24 bits per heavy atom. The molecule has 0 aliphatic rings. The fourth-order valence-electron chi connectivity index (χ4n) is 1.56. The molecule has 0 aliphatic carbocycles. The van der Waals surface area contributed by atoms with E-state index in [1.54, 1.807) is 6.07 Å². The van der Waals surface area contributed by atoms with Crippen LogP contribution in [-0.4, -0.2) is 22.6 Å². The third-order valence-electron chi connectivity index (χ3n) is 2.35. The van der Waals surface area contributed by atoms with Crippen LogP contribution >= 0.6 is 0 Å². The van der Waals surface area contributed by atoms with Gasteiger partial charge in [0.25, 0.3) is 0 Å². The van der Waals surface area contributed by atoms with Crippen molar-refractivity contribution in [2.45, 2.75) is 6.42 Å². The highest BCUT2D eigenvalue weighted by Gasteiger charge is 2.06. The smallest absolute Gasteiger partial charge is 0.352 e. The van der Waals surface area contributed by atoms with E-state index in [9.17, 15) is 4.79 Å². The number of nitrogens with one attached hydrogen (secondary N) is 1. The summed E-state index contributed by atoms with van der Waals surface area (Å²) >= 11 is 0. The summed E-state index contributed by atoms with van der Waals surface area (Å²) in [6, 6.07) is 7.15. The van der Waals surface area contributed by atoms with Gasteiger partial charge in [-0.1, -0.05) is 11.8 Å². The van der Waals surface area contributed by atoms with Gasteiger partial charge in [-0.3, -0.25) is 0 Å². The molecule has 2 aromatic rings. The molecule has 0 amide bonds. The first-order chi connectivity index (χ1) is 8.20. The lowest BCUT2D eigenvalue weighted by Crippen LogP contribution is -1.95. The predicted octanol–water partition coefficient (Wildman–Crippen LogP) is 1.57. The lowest BCUT2D eigenvalue weighted by Gasteiger charge is -1.91. The highest BCUT2D eigenvalue weighted by atomic mass is 16.4. The second kappa shape index (κ2) is 4.73. The average molecular weight is 228 g/mol. The predicted molar refractivity (Wildman–Crippen MR) is 65.8 cm³/mol. The quantitative estimate of drug-likeness (QED) is 0.682. The lowest BCUT2D eigenvalue weighted by atomic mass is 10.1. The monoisotopic (exact) mass is 228 g/mol. The van der Waals surface area contributed by atoms with Gasteiger partial charge in [-0.25, -0.2) is 4.79 Å². The SMILES string of the molecule is NCCC#Cc1ccc2[nH]c(C(=O)O)cc2c1. The molecule has 0 saturated carbocycles. The van der Waals surface area contributed by atoms with Crippen LogP contribution in [0.25, 0.3) is 10.9 Å². The number of H-pyrrole nitrogens is 1. The van der Waals surface area contributed by atoms with Gasteiger partial charge in [0.05, 0.1) is 0 Å². The molecule has 0 fully saturated rings. The number of carboxylic acids is 1. The molecular weight excluding hydrogens is 216 g/mol. The van der Waals surface area contributed by atoms with E-state index < -0.39 is 5.97 Å². The molecule has 1 aromatic heterocycles. The van der Waals surface area contributed by atoms with Crippen LogP contribution in [0.3, 0.4) is 0 Å². The van der Waals surface area contributed by atoms with E-state index in [2.05, 4.69) is 16.8 Å². The fourth-order valence-corrected chi connectivity index (χ4v) is 1.56. The Morgan fingerprint density at radius 1 is 1.41 bits per heavy atom. The minimum atomic E-state index is -0.961. The minimum absolute atomic E-state index is 0.187. The van der Waals surface area contributed by atoms with E-state index in [0.29, 0.717) is 13.0 Å². The highest BCUT2D eigenvalue weighted by Crippen LogP contribution is 2.16. The Kier molecular flexibility index (Phi) is 3.12. The molecule has 1 aromatic carbocycles. The minimum Gasteiger partial charge on any atom is -0.477 e. The van der Waals surface area contributed by atoms with Crippen LogP contribution in [0, 0.1) is 11.8 Å². The van der Waals surface area contributed by atoms with Crippen molar-refractivity contribution < 1.29 is 9.90 Å². The number of aromatic carboxylic acids is 1. The number of benzene rings is 1. The van der Waals surface area contributed by atoms with Crippen LogP contribution in [-0.2, 0) is 0 Å². The van der Waals surface area contributed by atoms with Crippen molar-refractivity contribution >= 4 is 16.9 Å². The van der Waals surface area contributed by atoms with Gasteiger partial charge < -0.3 is 15.8 Å². The number of aromatic amines is 1. The molecule has 17 heavy (non-hydrogen) atoms. The van der Waals surface area contributed by atoms with Gasteiger partial charge in [0.1, 0.15) is 5.69 Å². The van der Waals surface area contributed by atoms with E-state index in [-0.39, 0.29) is 5.69 Å². The van der Waals surface area contributed by atoms with Crippen molar-refractivity contribution in [2.24, 2.45) is 5.73 Å². The maximum absolute atomic E-state index is 10.8. The van der Waals surface area contributed by atoms with E-state index >= 15 is 0 Å². The Morgan fingerprint density at radius 3 is 2.94 bits per heavy atom. The molecule has 0 unspecified atom stereocenters. The Balaban J connectivity index is 2.37. The van der Waals surface area contributed by atoms with Crippen molar-refractivity contribution in [3.8, 4) is 11.8 Å². The summed E-state index contributed by atoms with van der Waals surface area (Å²) in [5.41, 5.74) is 7.19. The summed E-state index contributed by atoms with van der Waals surface area (Å²) in [6.07, 6.45) is 0.658. The Hall–Kier alpha value is -2.25. The van der Waals surface area contributed by atoms with Gasteiger partial charge in [-0.2, -0.15) is 0 Å². The summed E-state index contributed by atoms with van der Waals surface area (Å²) in [5.74, 6) is 4.97. The van der Waals surface area contributed by atoms with E-state index in [0.717, 1.165) is 16.5 Å². The molecule has 86 valence electrons. The third-order valence-corrected chi connectivity index (χ3v) is 2.35. The van der Waals surface area contributed by atoms with Crippen LogP contribution in [0.1, 0.15) is 22.5 Å². The molecule has 1 heterocycles. The maximum atomic E-state index is 10.8. The molecule has 0 aliphatic heterocycles. The average Bonchev–Trinajstić information content (AvgIpc) is 2.72. The number of nitrogens with two attached hydrogens (primary N) is 1. The molecule has 4 heteroatoms. The lowest BCUT2D eigenvalue weighted by molar-refractivity contribution is 0.0691. The molecule has 0 atom stereocenters. The summed E-state index contributed by atoms with van der Waals surface area (Å²) in [4.78, 5) is 13.6. The Bertz CT molecular complexity index is 617. The number of carbonyl (C=O) groups is 1. The Labute approximate surface area is 98.4 Å². The first-order valence-corrected chi connectivity index (χ1v) is 5.25. The molecule has 0 spiro atoms. The number of rotatable bonds is 2. The molecular formula is C13H12N2O2. The van der Waals surface area contributed by atoms with Gasteiger partial charge in [0.2, 0.25) is 0 Å². The van der Waals surface area contributed by atoms with Crippen LogP contribution in [0.4, 0.5) is 0 Å². The molecule has 4 nitrogen and oxygen atoms in total. The molecule has 0 saturated heterocycles. The zero-order chi connectivity index (χ0) is 12.3. The molecule has 0 radical (unpaired) electrons. The van der Waals surface area contributed by atoms with E-state index in [1.807, 2.05) is 18.2 Å². The fraction of sp³-hybridized carbons (Fsp3) is 0.154. The van der Waals surface area contributed by atoms with E-state index in [1.165, 1.54) is 0 Å². The molecule has 2 rings (SSSR count). The van der Waals surface area contributed by atoms with Gasteiger partial charge in [0.15, 0.2) is 0 Å². The van der Waals surface area contributed by atoms with Crippen molar-refractivity contribution in [1.82, 2.24) is 4.98 Å². The molecule has 0 bridgehead atoms. The number of hydrogen-bond donors (Lipinski definition) is 3. The highest BCUT2D eigenvalue weighted by molar-refractivity contribution is 5.94. The van der Waals surface area contributed by atoms with Crippen LogP contribution in [0.15, 0.2) is 24.3 Å². The third kappa shape index (κ3) is 2.47. The van der Waals surface area contributed by atoms with Gasteiger partial charge in [0, 0.05) is 29.4 Å². The summed E-state index contributed by atoms with van der Waals surface area (Å²) in [7, 11) is 0. The largest absolute Gasteiger partial charge is 0.477 e. The van der Waals surface area contributed by atoms with Crippen molar-refractivity contribution in [1.29, 1.82) is 0 Å². The van der Waals surface area contributed by atoms with Crippen LogP contribution in [0.2, 0.25) is 0 Å². The number of aromatic nitrogens is 1. The first-order valence-electron chi connectivity index (χ1n) is 5.25. The van der Waals surface area contributed by atoms with Crippen molar-refractivity contribution in [3.63, 3.8) is 0 Å². The normalized spacial score (nSPS) is 9.94. The van der Waals surface area contributed by atoms with Crippen molar-refractivity contribution in [3.05, 3.63) is 35.5 Å². The topological polar surface area (TPSA) is 79.1 Å². The molecule has 4 N–H and O–H groups in total. The maximum Gasteiger partial charge on any atom is 0.352 e. The second-order valence-corrected chi connectivity index (χ2v) is 3.63. The summed E-state index contributed by atoms with van der Waals surface area (Å²) in [5, 5.41) is 9.70. The van der Waals surface area contributed by atoms with Crippen molar-refractivity contribution in [2.75, 3.05) is 6.54 Å². The van der Waals surface area contributed by atoms with Crippen LogP contribution in [0.5, 0.6) is 0 Å². The van der Waals surface area contributed by atoms with E-state index in [4.69, 9.17) is 10.8 Å². The summed E-state index contributed by atoms with van der Waals surface area (Å²) in [6.45, 7) is 0.544. The standard InChI is InChI=1S/C13H12N2O2/c14-6-2-1-3-9-4-5-11-10(7-9)8-12(15-11)13(16)17/h4-5,7-8,15H,2,6,14H2,(H,16,17). The van der Waals surface area contributed by atoms with Crippen LogP contribution < -0.4 is 5.73 Å².